The molecule has 8 aromatic carbocycles. The molecule has 0 fully saturated rings. The first-order chi connectivity index (χ1) is 26.2. The number of hydrogen-bond acceptors (Lipinski definition) is 2. The maximum atomic E-state index is 12.6. The minimum atomic E-state index is -3.23. The van der Waals surface area contributed by atoms with E-state index in [0.717, 1.165) is 49.7 Å². The van der Waals surface area contributed by atoms with Crippen LogP contribution in [0.25, 0.3) is 38.6 Å². The third-order valence-electron chi connectivity index (χ3n) is 11.6. The first-order valence-corrected chi connectivity index (χ1v) is 20.1. The molecule has 3 nitrogen and oxygen atoms in total. The molecule has 1 unspecified atom stereocenters. The Morgan fingerprint density at radius 2 is 1.00 bits per heavy atom. The predicted molar refractivity (Wildman–Crippen MR) is 220 cm³/mol. The molecule has 0 radical (unpaired) electrons. The number of hydrogen-bond donors (Lipinski definition) is 1. The summed E-state index contributed by atoms with van der Waals surface area (Å²) in [6, 6.07) is 68.5. The number of aromatic nitrogens is 1. The van der Waals surface area contributed by atoms with Gasteiger partial charge in [-0.3, -0.25) is 0 Å². The molecule has 3 heterocycles. The van der Waals surface area contributed by atoms with Gasteiger partial charge in [0.05, 0.1) is 0 Å². The summed E-state index contributed by atoms with van der Waals surface area (Å²) < 4.78 is 9.24. The van der Waals surface area contributed by atoms with Gasteiger partial charge in [-0.15, -0.1) is 0 Å². The molecule has 53 heavy (non-hydrogen) atoms. The van der Waals surface area contributed by atoms with Gasteiger partial charge in [0.2, 0.25) is 0 Å². The van der Waals surface area contributed by atoms with Gasteiger partial charge < -0.3 is 0 Å². The minimum absolute atomic E-state index is 0.631. The van der Waals surface area contributed by atoms with Gasteiger partial charge in [0.25, 0.3) is 0 Å². The summed E-state index contributed by atoms with van der Waals surface area (Å²) >= 11 is 0. The molecule has 4 heteroatoms. The van der Waals surface area contributed by atoms with E-state index in [9.17, 15) is 4.89 Å². The second-order valence-corrected chi connectivity index (χ2v) is 17.3. The van der Waals surface area contributed by atoms with Crippen LogP contribution in [0, 0.1) is 0 Å². The standard InChI is InChI=1S/C49H34NO2P/c51-53(35-14-3-1-4-15-35,36-16-5-2-6-17-36)37-29-26-33(27-30-37)34-28-31-47-43(32-34)49(41-21-9-12-25-46(41)52-47)40-20-8-11-24-45(40)50-44-23-10-7-18-38(44)39-19-13-22-42(49)48(39)50/h1-32,51,53H. The fourth-order valence-corrected chi connectivity index (χ4v) is 12.3. The number of para-hydroxylation sites is 4. The van der Waals surface area contributed by atoms with Crippen LogP contribution in [0.2, 0.25) is 0 Å². The summed E-state index contributed by atoms with van der Waals surface area (Å²) in [5.74, 6) is 1.73. The quantitative estimate of drug-likeness (QED) is 0.186. The summed E-state index contributed by atoms with van der Waals surface area (Å²) in [7, 11) is -3.23. The van der Waals surface area contributed by atoms with E-state index in [1.807, 2.05) is 36.4 Å². The topological polar surface area (TPSA) is 34.4 Å². The Balaban J connectivity index is 1.15. The van der Waals surface area contributed by atoms with Gasteiger partial charge in [-0.1, -0.05) is 18.2 Å². The number of rotatable bonds is 4. The first kappa shape index (κ1) is 30.4. The van der Waals surface area contributed by atoms with E-state index >= 15 is 0 Å². The van der Waals surface area contributed by atoms with Crippen LogP contribution < -0.4 is 20.7 Å². The van der Waals surface area contributed by atoms with Gasteiger partial charge in [0.15, 0.2) is 0 Å². The Labute approximate surface area is 308 Å². The van der Waals surface area contributed by atoms with E-state index in [1.54, 1.807) is 0 Å². The van der Waals surface area contributed by atoms with E-state index in [2.05, 4.69) is 162 Å². The van der Waals surface area contributed by atoms with Gasteiger partial charge in [-0.2, -0.15) is 0 Å². The predicted octanol–water partition coefficient (Wildman–Crippen LogP) is 10.2. The van der Waals surface area contributed by atoms with Crippen molar-refractivity contribution in [1.29, 1.82) is 0 Å². The van der Waals surface area contributed by atoms with E-state index in [4.69, 9.17) is 4.74 Å². The molecule has 0 saturated heterocycles. The zero-order valence-electron chi connectivity index (χ0n) is 28.8. The molecular formula is C49H34NO2P. The third kappa shape index (κ3) is 4.12. The van der Waals surface area contributed by atoms with Crippen molar-refractivity contribution in [1.82, 2.24) is 4.57 Å². The first-order valence-electron chi connectivity index (χ1n) is 18.2. The van der Waals surface area contributed by atoms with E-state index in [0.29, 0.717) is 0 Å². The Kier molecular flexibility index (Phi) is 6.52. The van der Waals surface area contributed by atoms with Crippen molar-refractivity contribution in [3.63, 3.8) is 0 Å². The average Bonchev–Trinajstić information content (AvgIpc) is 3.58. The van der Waals surface area contributed by atoms with Crippen LogP contribution in [0.15, 0.2) is 194 Å². The molecule has 1 aromatic heterocycles. The van der Waals surface area contributed by atoms with Crippen molar-refractivity contribution in [2.24, 2.45) is 0 Å². The monoisotopic (exact) mass is 699 g/mol. The van der Waals surface area contributed by atoms with Gasteiger partial charge in [-0.25, -0.2) is 0 Å². The average molecular weight is 700 g/mol. The van der Waals surface area contributed by atoms with Crippen LogP contribution in [0.4, 0.5) is 0 Å². The van der Waals surface area contributed by atoms with Crippen molar-refractivity contribution < 1.29 is 9.63 Å². The fraction of sp³-hybridized carbons (Fsp3) is 0.0204. The molecule has 1 atom stereocenters. The van der Waals surface area contributed by atoms with Crippen molar-refractivity contribution >= 4 is 45.2 Å². The Hall–Kier alpha value is -6.25. The van der Waals surface area contributed by atoms with Crippen LogP contribution in [0.5, 0.6) is 11.5 Å². The summed E-state index contributed by atoms with van der Waals surface area (Å²) in [5, 5.41) is 5.38. The van der Waals surface area contributed by atoms with Gasteiger partial charge in [0, 0.05) is 0 Å². The van der Waals surface area contributed by atoms with E-state index in [-0.39, 0.29) is 0 Å². The van der Waals surface area contributed by atoms with Gasteiger partial charge in [0.1, 0.15) is 0 Å². The van der Waals surface area contributed by atoms with Crippen LogP contribution in [-0.2, 0) is 5.41 Å². The Morgan fingerprint density at radius 1 is 0.434 bits per heavy atom. The molecule has 252 valence electrons. The number of nitrogens with zero attached hydrogens (tertiary/aromatic N) is 1. The zero-order chi connectivity index (χ0) is 35.1. The number of benzene rings is 8. The van der Waals surface area contributed by atoms with Gasteiger partial charge >= 0.3 is 285 Å². The van der Waals surface area contributed by atoms with Crippen LogP contribution in [0.3, 0.4) is 0 Å². The molecule has 0 saturated carbocycles. The summed E-state index contributed by atoms with van der Waals surface area (Å²) in [4.78, 5) is 12.6. The number of fused-ring (bicyclic) bond motifs is 11. The molecule has 0 bridgehead atoms. The van der Waals surface area contributed by atoms with E-state index < -0.39 is 12.9 Å². The normalized spacial score (nSPS) is 15.8. The van der Waals surface area contributed by atoms with Crippen LogP contribution in [-0.4, -0.2) is 9.46 Å². The number of ether oxygens (including phenoxy) is 1. The van der Waals surface area contributed by atoms with Crippen molar-refractivity contribution in [2.75, 3.05) is 0 Å². The van der Waals surface area contributed by atoms with Crippen LogP contribution >= 0.6 is 7.49 Å². The second-order valence-electron chi connectivity index (χ2n) is 14.2. The van der Waals surface area contributed by atoms with Crippen molar-refractivity contribution in [3.05, 3.63) is 216 Å². The molecule has 1 spiro atoms. The molecule has 1 N–H and O–H groups in total. The molecule has 2 aliphatic rings. The second kappa shape index (κ2) is 11.4. The maximum absolute atomic E-state index is 12.6. The molecule has 0 aliphatic carbocycles. The summed E-state index contributed by atoms with van der Waals surface area (Å²) in [6.45, 7) is 0. The van der Waals surface area contributed by atoms with Crippen molar-refractivity contribution in [2.45, 2.75) is 5.41 Å². The summed E-state index contributed by atoms with van der Waals surface area (Å²) in [5.41, 5.74) is 9.90. The third-order valence-corrected chi connectivity index (χ3v) is 15.1. The van der Waals surface area contributed by atoms with E-state index in [1.165, 1.54) is 38.6 Å². The fourth-order valence-electron chi connectivity index (χ4n) is 9.27. The molecule has 0 amide bonds. The SMILES string of the molecule is O[PH](c1ccccc1)(c1ccccc1)c1ccc(-c2ccc3c(c2)C2(c4ccccc4O3)c3ccccc3-n3c4ccccc4c4cccc2c43)cc1. The Bertz CT molecular complexity index is 2840. The molecular weight excluding hydrogens is 666 g/mol. The Morgan fingerprint density at radius 3 is 1.77 bits per heavy atom. The molecule has 2 aliphatic heterocycles. The van der Waals surface area contributed by atoms with Crippen molar-refractivity contribution in [3.8, 4) is 28.3 Å². The summed E-state index contributed by atoms with van der Waals surface area (Å²) in [6.07, 6.45) is 0. The molecule has 11 rings (SSSR count). The van der Waals surface area contributed by atoms with Gasteiger partial charge in [-0.05, 0) is 6.07 Å². The van der Waals surface area contributed by atoms with Crippen LogP contribution in [0.1, 0.15) is 22.3 Å². The zero-order valence-corrected chi connectivity index (χ0v) is 29.8. The molecule has 9 aromatic rings.